The summed E-state index contributed by atoms with van der Waals surface area (Å²) in [5, 5.41) is 1.76. The maximum absolute atomic E-state index is 13.9. The van der Waals surface area contributed by atoms with Gasteiger partial charge in [-0.1, -0.05) is 28.1 Å². The summed E-state index contributed by atoms with van der Waals surface area (Å²) >= 11 is 5.27. The fraction of sp³-hybridized carbons (Fsp3) is 0.433. The molecular weight excluding hydrogens is 638 g/mol. The molecule has 2 aromatic carbocycles. The molecule has 3 aromatic rings. The Morgan fingerprint density at radius 2 is 1.52 bits per heavy atom. The Bertz CT molecular complexity index is 1560. The van der Waals surface area contributed by atoms with E-state index in [0.717, 1.165) is 45.5 Å². The minimum atomic E-state index is -3.88. The Balaban J connectivity index is 1.22. The van der Waals surface area contributed by atoms with Crippen molar-refractivity contribution in [2.75, 3.05) is 62.2 Å². The number of thioether (sulfide) groups is 1. The number of piperazine rings is 1. The molecule has 3 aliphatic rings. The predicted molar refractivity (Wildman–Crippen MR) is 169 cm³/mol. The van der Waals surface area contributed by atoms with E-state index in [1.807, 2.05) is 30.3 Å². The molecule has 3 fully saturated rings. The zero-order valence-corrected chi connectivity index (χ0v) is 26.5. The number of fused-ring (bicyclic) bond motifs is 1. The summed E-state index contributed by atoms with van der Waals surface area (Å²) in [6, 6.07) is 13.9. The lowest BCUT2D eigenvalue weighted by atomic mass is 9.93. The lowest BCUT2D eigenvalue weighted by Gasteiger charge is -2.44. The molecule has 1 atom stereocenters. The number of sulfonamides is 1. The third-order valence-electron chi connectivity index (χ3n) is 8.52. The minimum Gasteiger partial charge on any atom is -0.371 e. The number of pyridine rings is 1. The Morgan fingerprint density at radius 1 is 0.833 bits per heavy atom. The maximum atomic E-state index is 13.9. The predicted octanol–water partition coefficient (Wildman–Crippen LogP) is 3.69. The Labute approximate surface area is 259 Å². The van der Waals surface area contributed by atoms with Crippen molar-refractivity contribution in [1.29, 1.82) is 0 Å². The largest absolute Gasteiger partial charge is 0.371 e. The molecule has 3 aliphatic heterocycles. The quantitative estimate of drug-likeness (QED) is 0.409. The lowest BCUT2D eigenvalue weighted by molar-refractivity contribution is -0.150. The second-order valence-electron chi connectivity index (χ2n) is 11.0. The van der Waals surface area contributed by atoms with Crippen molar-refractivity contribution in [3.63, 3.8) is 0 Å². The summed E-state index contributed by atoms with van der Waals surface area (Å²) in [6.07, 6.45) is 4.92. The van der Waals surface area contributed by atoms with Gasteiger partial charge in [-0.15, -0.1) is 0 Å². The van der Waals surface area contributed by atoms with Crippen molar-refractivity contribution in [2.45, 2.75) is 23.8 Å². The SMILES string of the molecule is O=C(C1CN(S(=O)(=O)c2ccc3cc(Br)ccc3c2)CCN1C(=O)C1CCN(c2ccncc2)CC1)N1CCSCC1. The summed E-state index contributed by atoms with van der Waals surface area (Å²) in [4.78, 5) is 37.9. The molecule has 1 aromatic heterocycles. The van der Waals surface area contributed by atoms with Crippen molar-refractivity contribution in [1.82, 2.24) is 19.1 Å². The van der Waals surface area contributed by atoms with Gasteiger partial charge in [0.2, 0.25) is 21.8 Å². The lowest BCUT2D eigenvalue weighted by Crippen LogP contribution is -2.63. The number of piperidine rings is 1. The van der Waals surface area contributed by atoms with Gasteiger partial charge in [-0.3, -0.25) is 14.6 Å². The molecule has 0 aliphatic carbocycles. The van der Waals surface area contributed by atoms with Crippen molar-refractivity contribution in [2.24, 2.45) is 5.92 Å². The minimum absolute atomic E-state index is 0.0369. The highest BCUT2D eigenvalue weighted by atomic mass is 79.9. The molecule has 9 nitrogen and oxygen atoms in total. The van der Waals surface area contributed by atoms with E-state index in [4.69, 9.17) is 0 Å². The van der Waals surface area contributed by atoms with Crippen LogP contribution in [-0.2, 0) is 19.6 Å². The van der Waals surface area contributed by atoms with Crippen molar-refractivity contribution >= 4 is 66.0 Å². The Kier molecular flexibility index (Phi) is 8.76. The average molecular weight is 673 g/mol. The zero-order valence-electron chi connectivity index (χ0n) is 23.3. The van der Waals surface area contributed by atoms with Gasteiger partial charge < -0.3 is 14.7 Å². The fourth-order valence-corrected chi connectivity index (χ4v) is 8.88. The highest BCUT2D eigenvalue weighted by Crippen LogP contribution is 2.29. The normalized spacial score (nSPS) is 21.1. The first-order valence-electron chi connectivity index (χ1n) is 14.3. The van der Waals surface area contributed by atoms with Gasteiger partial charge in [0.25, 0.3) is 0 Å². The molecular formula is C30H34BrN5O4S2. The molecule has 0 N–H and O–H groups in total. The second kappa shape index (κ2) is 12.5. The highest BCUT2D eigenvalue weighted by Gasteiger charge is 2.43. The smallest absolute Gasteiger partial charge is 0.246 e. The van der Waals surface area contributed by atoms with E-state index in [2.05, 4.69) is 25.8 Å². The van der Waals surface area contributed by atoms with Crippen LogP contribution in [0.15, 0.2) is 70.3 Å². The van der Waals surface area contributed by atoms with Crippen molar-refractivity contribution in [3.8, 4) is 0 Å². The van der Waals surface area contributed by atoms with E-state index in [-0.39, 0.29) is 42.3 Å². The van der Waals surface area contributed by atoms with E-state index in [9.17, 15) is 18.0 Å². The first-order chi connectivity index (χ1) is 20.3. The van der Waals surface area contributed by atoms with E-state index in [1.165, 1.54) is 4.31 Å². The second-order valence-corrected chi connectivity index (χ2v) is 15.0. The standard InChI is InChI=1S/C30H34BrN5O4S2/c31-25-3-1-24-20-27(4-2-23(24)19-25)42(39,40)35-13-14-36(28(21-35)30(38)34-15-17-41-18-16-34)29(37)22-7-11-33(12-8-22)26-5-9-32-10-6-26/h1-6,9-10,19-20,22,28H,7-8,11-18,21H2. The number of hydrogen-bond acceptors (Lipinski definition) is 7. The third-order valence-corrected chi connectivity index (χ3v) is 11.8. The van der Waals surface area contributed by atoms with Gasteiger partial charge in [-0.2, -0.15) is 16.1 Å². The van der Waals surface area contributed by atoms with Crippen LogP contribution in [0, 0.1) is 5.92 Å². The molecule has 6 rings (SSSR count). The van der Waals surface area contributed by atoms with Gasteiger partial charge in [-0.25, -0.2) is 8.42 Å². The van der Waals surface area contributed by atoms with E-state index < -0.39 is 16.1 Å². The molecule has 0 radical (unpaired) electrons. The van der Waals surface area contributed by atoms with Crippen LogP contribution in [0.3, 0.4) is 0 Å². The highest BCUT2D eigenvalue weighted by molar-refractivity contribution is 9.10. The third kappa shape index (κ3) is 6.04. The molecule has 42 heavy (non-hydrogen) atoms. The van der Waals surface area contributed by atoms with Crippen LogP contribution in [0.4, 0.5) is 5.69 Å². The van der Waals surface area contributed by atoms with Gasteiger partial charge in [0.15, 0.2) is 0 Å². The van der Waals surface area contributed by atoms with E-state index in [1.54, 1.807) is 52.2 Å². The van der Waals surface area contributed by atoms with Crippen LogP contribution < -0.4 is 4.90 Å². The van der Waals surface area contributed by atoms with Crippen LogP contribution in [0.25, 0.3) is 10.8 Å². The first kappa shape index (κ1) is 29.4. The van der Waals surface area contributed by atoms with E-state index in [0.29, 0.717) is 25.9 Å². The van der Waals surface area contributed by atoms with Crippen LogP contribution in [0.2, 0.25) is 0 Å². The first-order valence-corrected chi connectivity index (χ1v) is 17.7. The van der Waals surface area contributed by atoms with Crippen LogP contribution >= 0.6 is 27.7 Å². The number of carbonyl (C=O) groups excluding carboxylic acids is 2. The molecule has 3 saturated heterocycles. The summed E-state index contributed by atoms with van der Waals surface area (Å²) in [5.41, 5.74) is 1.09. The van der Waals surface area contributed by atoms with E-state index >= 15 is 0 Å². The summed E-state index contributed by atoms with van der Waals surface area (Å²) < 4.78 is 30.0. The monoisotopic (exact) mass is 671 g/mol. The number of aromatic nitrogens is 1. The van der Waals surface area contributed by atoms with Gasteiger partial charge in [-0.05, 0) is 60.0 Å². The number of nitrogens with zero attached hydrogens (tertiary/aromatic N) is 5. The van der Waals surface area contributed by atoms with Crippen molar-refractivity contribution < 1.29 is 18.0 Å². The molecule has 0 saturated carbocycles. The van der Waals surface area contributed by atoms with Gasteiger partial charge in [0, 0.05) is 85.8 Å². The van der Waals surface area contributed by atoms with Crippen molar-refractivity contribution in [3.05, 3.63) is 65.4 Å². The number of amides is 2. The molecule has 12 heteroatoms. The van der Waals surface area contributed by atoms with Gasteiger partial charge in [0.05, 0.1) is 4.90 Å². The summed E-state index contributed by atoms with van der Waals surface area (Å²) in [7, 11) is -3.88. The number of hydrogen-bond donors (Lipinski definition) is 0. The average Bonchev–Trinajstić information content (AvgIpc) is 3.04. The van der Waals surface area contributed by atoms with Crippen LogP contribution in [0.5, 0.6) is 0 Å². The Hall–Kier alpha value is -2.67. The van der Waals surface area contributed by atoms with Crippen LogP contribution in [0.1, 0.15) is 12.8 Å². The number of benzene rings is 2. The topological polar surface area (TPSA) is 94.1 Å². The number of rotatable bonds is 5. The summed E-state index contributed by atoms with van der Waals surface area (Å²) in [5.74, 6) is 1.30. The molecule has 0 spiro atoms. The zero-order chi connectivity index (χ0) is 29.3. The fourth-order valence-electron chi connectivity index (χ4n) is 6.12. The molecule has 2 amide bonds. The Morgan fingerprint density at radius 3 is 2.26 bits per heavy atom. The number of anilines is 1. The summed E-state index contributed by atoms with van der Waals surface area (Å²) in [6.45, 7) is 3.03. The van der Waals surface area contributed by atoms with Gasteiger partial charge >= 0.3 is 0 Å². The molecule has 4 heterocycles. The maximum Gasteiger partial charge on any atom is 0.246 e. The molecule has 1 unspecified atom stereocenters. The molecule has 0 bridgehead atoms. The van der Waals surface area contributed by atoms with Gasteiger partial charge in [0.1, 0.15) is 6.04 Å². The van der Waals surface area contributed by atoms with Crippen LogP contribution in [-0.4, -0.2) is 103 Å². The molecule has 222 valence electrons. The number of carbonyl (C=O) groups is 2. The number of halogens is 1.